The fraction of sp³-hybridized carbons (Fsp3) is 0.900. The van der Waals surface area contributed by atoms with E-state index in [9.17, 15) is 4.79 Å². The highest BCUT2D eigenvalue weighted by Crippen LogP contribution is 2.20. The van der Waals surface area contributed by atoms with E-state index >= 15 is 0 Å². The first kappa shape index (κ1) is 11.9. The van der Waals surface area contributed by atoms with E-state index < -0.39 is 5.97 Å². The van der Waals surface area contributed by atoms with Crippen molar-refractivity contribution in [2.75, 3.05) is 11.5 Å². The molecule has 3 nitrogen and oxygen atoms in total. The Labute approximate surface area is 89.6 Å². The van der Waals surface area contributed by atoms with Gasteiger partial charge in [-0.25, -0.2) is 0 Å². The summed E-state index contributed by atoms with van der Waals surface area (Å²) >= 11 is 1.72. The van der Waals surface area contributed by atoms with Gasteiger partial charge in [0.1, 0.15) is 6.04 Å². The average molecular weight is 217 g/mol. The molecule has 1 atom stereocenters. The molecule has 0 bridgehead atoms. The highest BCUT2D eigenvalue weighted by Gasteiger charge is 2.27. The minimum atomic E-state index is -0.715. The molecular weight excluding hydrogens is 198 g/mol. The van der Waals surface area contributed by atoms with Crippen LogP contribution in [0.1, 0.15) is 26.7 Å². The molecule has 1 aliphatic rings. The molecule has 0 aromatic heterocycles. The first-order valence-electron chi connectivity index (χ1n) is 5.16. The molecule has 82 valence electrons. The highest BCUT2D eigenvalue weighted by atomic mass is 32.2. The number of rotatable bonds is 7. The van der Waals surface area contributed by atoms with Crippen molar-refractivity contribution < 1.29 is 9.90 Å². The molecule has 2 N–H and O–H groups in total. The Morgan fingerprint density at radius 2 is 2.14 bits per heavy atom. The highest BCUT2D eigenvalue weighted by molar-refractivity contribution is 7.99. The van der Waals surface area contributed by atoms with E-state index in [0.29, 0.717) is 17.7 Å². The van der Waals surface area contributed by atoms with Gasteiger partial charge >= 0.3 is 5.97 Å². The number of carboxylic acid groups (broad SMARTS) is 1. The molecule has 1 rings (SSSR count). The van der Waals surface area contributed by atoms with E-state index in [-0.39, 0.29) is 6.04 Å². The second-order valence-corrected chi connectivity index (χ2v) is 5.34. The van der Waals surface area contributed by atoms with Crippen LogP contribution in [0.5, 0.6) is 0 Å². The Balaban J connectivity index is 2.17. The monoisotopic (exact) mass is 217 g/mol. The third kappa shape index (κ3) is 4.86. The lowest BCUT2D eigenvalue weighted by molar-refractivity contribution is -0.138. The van der Waals surface area contributed by atoms with Crippen LogP contribution < -0.4 is 5.32 Å². The van der Waals surface area contributed by atoms with Crippen LogP contribution in [-0.4, -0.2) is 34.7 Å². The summed E-state index contributed by atoms with van der Waals surface area (Å²) in [6.07, 6.45) is 2.28. The van der Waals surface area contributed by atoms with E-state index in [2.05, 4.69) is 19.2 Å². The van der Waals surface area contributed by atoms with Gasteiger partial charge in [-0.15, -0.1) is 0 Å². The van der Waals surface area contributed by atoms with Gasteiger partial charge in [0.15, 0.2) is 0 Å². The van der Waals surface area contributed by atoms with Crippen molar-refractivity contribution in [3.63, 3.8) is 0 Å². The summed E-state index contributed by atoms with van der Waals surface area (Å²) < 4.78 is 0. The lowest BCUT2D eigenvalue weighted by Crippen LogP contribution is -2.40. The van der Waals surface area contributed by atoms with Crippen molar-refractivity contribution in [1.29, 1.82) is 0 Å². The fourth-order valence-electron chi connectivity index (χ4n) is 1.15. The summed E-state index contributed by atoms with van der Waals surface area (Å²) in [4.78, 5) is 10.9. The standard InChI is InChI=1S/C10H19NO2S/c1-7(2)5-14-6-9(10(12)13)11-8-3-4-8/h7-9,11H,3-6H2,1-2H3,(H,12,13). The van der Waals surface area contributed by atoms with Crippen LogP contribution in [0.15, 0.2) is 0 Å². The Kier molecular flexibility index (Phi) is 4.75. The second-order valence-electron chi connectivity index (χ2n) is 4.26. The van der Waals surface area contributed by atoms with E-state index in [1.54, 1.807) is 11.8 Å². The van der Waals surface area contributed by atoms with E-state index in [1.807, 2.05) is 0 Å². The first-order valence-corrected chi connectivity index (χ1v) is 6.31. The van der Waals surface area contributed by atoms with Gasteiger partial charge in [0, 0.05) is 11.8 Å². The summed E-state index contributed by atoms with van der Waals surface area (Å²) in [7, 11) is 0. The third-order valence-corrected chi connectivity index (χ3v) is 3.52. The Bertz CT molecular complexity index is 193. The summed E-state index contributed by atoms with van der Waals surface area (Å²) in [5.74, 6) is 1.64. The zero-order chi connectivity index (χ0) is 10.6. The summed E-state index contributed by atoms with van der Waals surface area (Å²) in [5, 5.41) is 12.1. The molecule has 0 saturated heterocycles. The SMILES string of the molecule is CC(C)CSCC(NC1CC1)C(=O)O. The molecule has 4 heteroatoms. The van der Waals surface area contributed by atoms with Gasteiger partial charge in [-0.2, -0.15) is 11.8 Å². The number of hydrogen-bond donors (Lipinski definition) is 2. The maximum Gasteiger partial charge on any atom is 0.321 e. The maximum atomic E-state index is 10.9. The van der Waals surface area contributed by atoms with Crippen molar-refractivity contribution >= 4 is 17.7 Å². The number of thioether (sulfide) groups is 1. The van der Waals surface area contributed by atoms with E-state index in [0.717, 1.165) is 18.6 Å². The van der Waals surface area contributed by atoms with Gasteiger partial charge in [0.2, 0.25) is 0 Å². The molecule has 0 amide bonds. The number of nitrogens with one attached hydrogen (secondary N) is 1. The zero-order valence-corrected chi connectivity index (χ0v) is 9.64. The van der Waals surface area contributed by atoms with Gasteiger partial charge in [-0.3, -0.25) is 4.79 Å². The number of carboxylic acids is 1. The Hall–Kier alpha value is -0.220. The van der Waals surface area contributed by atoms with Crippen LogP contribution in [0.3, 0.4) is 0 Å². The van der Waals surface area contributed by atoms with E-state index in [4.69, 9.17) is 5.11 Å². The molecule has 0 heterocycles. The molecule has 1 fully saturated rings. The van der Waals surface area contributed by atoms with Crippen molar-refractivity contribution in [1.82, 2.24) is 5.32 Å². The molecule has 0 aromatic carbocycles. The molecule has 1 unspecified atom stereocenters. The van der Waals surface area contributed by atoms with Gasteiger partial charge in [0.25, 0.3) is 0 Å². The van der Waals surface area contributed by atoms with Crippen LogP contribution in [0.4, 0.5) is 0 Å². The summed E-state index contributed by atoms with van der Waals surface area (Å²) in [6.45, 7) is 4.30. The minimum Gasteiger partial charge on any atom is -0.480 e. The predicted octanol–water partition coefficient (Wildman–Crippen LogP) is 1.58. The number of hydrogen-bond acceptors (Lipinski definition) is 3. The smallest absolute Gasteiger partial charge is 0.321 e. The largest absolute Gasteiger partial charge is 0.480 e. The quantitative estimate of drug-likeness (QED) is 0.680. The predicted molar refractivity (Wildman–Crippen MR) is 59.7 cm³/mol. The lowest BCUT2D eigenvalue weighted by Gasteiger charge is -2.14. The van der Waals surface area contributed by atoms with Gasteiger partial charge in [-0.1, -0.05) is 13.8 Å². The average Bonchev–Trinajstić information content (AvgIpc) is 2.85. The molecule has 1 saturated carbocycles. The third-order valence-electron chi connectivity index (χ3n) is 2.05. The van der Waals surface area contributed by atoms with Crippen molar-refractivity contribution in [2.24, 2.45) is 5.92 Å². The summed E-state index contributed by atoms with van der Waals surface area (Å²) in [6, 6.07) is 0.113. The lowest BCUT2D eigenvalue weighted by atomic mass is 10.3. The van der Waals surface area contributed by atoms with E-state index in [1.165, 1.54) is 0 Å². The molecule has 0 aliphatic heterocycles. The minimum absolute atomic E-state index is 0.355. The summed E-state index contributed by atoms with van der Waals surface area (Å²) in [5.41, 5.74) is 0. The number of carbonyl (C=O) groups is 1. The van der Waals surface area contributed by atoms with Gasteiger partial charge in [-0.05, 0) is 24.5 Å². The molecule has 1 aliphatic carbocycles. The zero-order valence-electron chi connectivity index (χ0n) is 8.82. The normalized spacial score (nSPS) is 18.5. The van der Waals surface area contributed by atoms with Crippen LogP contribution in [0.2, 0.25) is 0 Å². The fourth-order valence-corrected chi connectivity index (χ4v) is 2.23. The Morgan fingerprint density at radius 3 is 2.57 bits per heavy atom. The maximum absolute atomic E-state index is 10.9. The van der Waals surface area contributed by atoms with Crippen LogP contribution >= 0.6 is 11.8 Å². The van der Waals surface area contributed by atoms with Crippen molar-refractivity contribution in [2.45, 2.75) is 38.8 Å². The van der Waals surface area contributed by atoms with Gasteiger partial charge < -0.3 is 10.4 Å². The molecule has 0 radical (unpaired) electrons. The molecule has 0 spiro atoms. The van der Waals surface area contributed by atoms with Crippen LogP contribution in [0.25, 0.3) is 0 Å². The molecule has 14 heavy (non-hydrogen) atoms. The topological polar surface area (TPSA) is 49.3 Å². The molecule has 0 aromatic rings. The van der Waals surface area contributed by atoms with Crippen LogP contribution in [-0.2, 0) is 4.79 Å². The Morgan fingerprint density at radius 1 is 1.50 bits per heavy atom. The van der Waals surface area contributed by atoms with Gasteiger partial charge in [0.05, 0.1) is 0 Å². The first-order chi connectivity index (χ1) is 6.59. The van der Waals surface area contributed by atoms with Crippen LogP contribution in [0, 0.1) is 5.92 Å². The molecular formula is C10H19NO2S. The second kappa shape index (κ2) is 5.61. The van der Waals surface area contributed by atoms with Crippen molar-refractivity contribution in [3.8, 4) is 0 Å². The number of aliphatic carboxylic acids is 1. The van der Waals surface area contributed by atoms with Crippen molar-refractivity contribution in [3.05, 3.63) is 0 Å².